The fourth-order valence-electron chi connectivity index (χ4n) is 3.08. The first-order chi connectivity index (χ1) is 14.4. The SMILES string of the molecule is COc1ccc(-n2c(=O)[nH]c3c(C(N)=O)nc(-c4ccc(Br)cc4)nc32)c(OC)c1. The summed E-state index contributed by atoms with van der Waals surface area (Å²) in [5.74, 6) is 0.424. The van der Waals surface area contributed by atoms with Crippen molar-refractivity contribution in [2.75, 3.05) is 14.2 Å². The number of rotatable bonds is 5. The molecular weight excluding hydrogens is 454 g/mol. The maximum absolute atomic E-state index is 12.8. The Kier molecular flexibility index (Phi) is 5.00. The smallest absolute Gasteiger partial charge is 0.332 e. The number of carbonyl (C=O) groups is 1. The van der Waals surface area contributed by atoms with Gasteiger partial charge < -0.3 is 20.2 Å². The van der Waals surface area contributed by atoms with Gasteiger partial charge >= 0.3 is 5.69 Å². The zero-order chi connectivity index (χ0) is 21.4. The van der Waals surface area contributed by atoms with E-state index in [-0.39, 0.29) is 22.7 Å². The highest BCUT2D eigenvalue weighted by atomic mass is 79.9. The summed E-state index contributed by atoms with van der Waals surface area (Å²) in [6.07, 6.45) is 0. The largest absolute Gasteiger partial charge is 0.497 e. The van der Waals surface area contributed by atoms with Crippen LogP contribution in [0.4, 0.5) is 0 Å². The normalized spacial score (nSPS) is 10.9. The van der Waals surface area contributed by atoms with Crippen LogP contribution in [-0.2, 0) is 0 Å². The maximum atomic E-state index is 12.8. The van der Waals surface area contributed by atoms with E-state index in [1.54, 1.807) is 30.3 Å². The van der Waals surface area contributed by atoms with E-state index in [9.17, 15) is 9.59 Å². The molecule has 0 atom stereocenters. The summed E-state index contributed by atoms with van der Waals surface area (Å²) >= 11 is 3.38. The molecule has 3 N–H and O–H groups in total. The van der Waals surface area contributed by atoms with Gasteiger partial charge in [0, 0.05) is 16.1 Å². The number of amides is 1. The van der Waals surface area contributed by atoms with Gasteiger partial charge in [-0.05, 0) is 24.3 Å². The van der Waals surface area contributed by atoms with Crippen molar-refractivity contribution in [2.24, 2.45) is 5.73 Å². The number of primary amides is 1. The second-order valence-electron chi connectivity index (χ2n) is 6.27. The summed E-state index contributed by atoms with van der Waals surface area (Å²) in [5, 5.41) is 0. The summed E-state index contributed by atoms with van der Waals surface area (Å²) in [6, 6.07) is 12.2. The van der Waals surface area contributed by atoms with Crippen molar-refractivity contribution < 1.29 is 14.3 Å². The van der Waals surface area contributed by atoms with Gasteiger partial charge in [0.05, 0.1) is 19.9 Å². The number of nitrogens with two attached hydrogens (primary N) is 1. The van der Waals surface area contributed by atoms with E-state index >= 15 is 0 Å². The molecule has 4 aromatic rings. The number of ether oxygens (including phenoxy) is 2. The molecule has 10 heteroatoms. The van der Waals surface area contributed by atoms with E-state index in [1.807, 2.05) is 12.1 Å². The molecule has 0 saturated carbocycles. The molecule has 0 aliphatic heterocycles. The van der Waals surface area contributed by atoms with Gasteiger partial charge in [-0.25, -0.2) is 19.3 Å². The van der Waals surface area contributed by atoms with Crippen LogP contribution >= 0.6 is 15.9 Å². The van der Waals surface area contributed by atoms with Gasteiger partial charge in [-0.1, -0.05) is 28.1 Å². The standard InChI is InChI=1S/C20H16BrN5O4/c1-29-12-7-8-13(14(9-12)30-2)26-19-16(24-20(26)28)15(17(22)27)23-18(25-19)10-3-5-11(21)6-4-10/h3-9H,1-2H3,(H2,22,27)(H,24,28). The van der Waals surface area contributed by atoms with Crippen molar-refractivity contribution in [3.8, 4) is 28.6 Å². The Morgan fingerprint density at radius 1 is 1.10 bits per heavy atom. The lowest BCUT2D eigenvalue weighted by atomic mass is 10.2. The molecule has 0 fully saturated rings. The minimum Gasteiger partial charge on any atom is -0.497 e. The first-order valence-electron chi connectivity index (χ1n) is 8.74. The molecule has 0 spiro atoms. The first kappa shape index (κ1) is 19.6. The fourth-order valence-corrected chi connectivity index (χ4v) is 3.35. The highest BCUT2D eigenvalue weighted by Crippen LogP contribution is 2.30. The van der Waals surface area contributed by atoms with Crippen LogP contribution in [0.3, 0.4) is 0 Å². The van der Waals surface area contributed by atoms with Gasteiger partial charge in [0.25, 0.3) is 5.91 Å². The number of methoxy groups -OCH3 is 2. The summed E-state index contributed by atoms with van der Waals surface area (Å²) in [4.78, 5) is 36.3. The van der Waals surface area contributed by atoms with Gasteiger partial charge in [0.1, 0.15) is 17.0 Å². The summed E-state index contributed by atoms with van der Waals surface area (Å²) in [5.41, 5.74) is 6.36. The third-order valence-corrected chi connectivity index (χ3v) is 5.03. The molecule has 2 aromatic carbocycles. The summed E-state index contributed by atoms with van der Waals surface area (Å²) in [6.45, 7) is 0. The van der Waals surface area contributed by atoms with Crippen molar-refractivity contribution in [3.05, 3.63) is 63.1 Å². The van der Waals surface area contributed by atoms with Crippen LogP contribution in [0.15, 0.2) is 51.7 Å². The molecule has 152 valence electrons. The Balaban J connectivity index is 2.04. The van der Waals surface area contributed by atoms with Crippen LogP contribution < -0.4 is 20.9 Å². The molecule has 30 heavy (non-hydrogen) atoms. The molecule has 1 amide bonds. The number of nitrogens with zero attached hydrogens (tertiary/aromatic N) is 3. The van der Waals surface area contributed by atoms with Crippen molar-refractivity contribution in [2.45, 2.75) is 0 Å². The lowest BCUT2D eigenvalue weighted by Gasteiger charge is -2.11. The van der Waals surface area contributed by atoms with Crippen molar-refractivity contribution in [1.29, 1.82) is 0 Å². The molecule has 9 nitrogen and oxygen atoms in total. The van der Waals surface area contributed by atoms with Crippen molar-refractivity contribution >= 4 is 33.0 Å². The lowest BCUT2D eigenvalue weighted by molar-refractivity contribution is 0.0997. The monoisotopic (exact) mass is 469 g/mol. The number of imidazole rings is 1. The van der Waals surface area contributed by atoms with Gasteiger partial charge in [-0.15, -0.1) is 0 Å². The van der Waals surface area contributed by atoms with E-state index in [1.165, 1.54) is 18.8 Å². The van der Waals surface area contributed by atoms with Crippen LogP contribution in [0.1, 0.15) is 10.5 Å². The molecular formula is C20H16BrN5O4. The average molecular weight is 470 g/mol. The topological polar surface area (TPSA) is 125 Å². The Bertz CT molecular complexity index is 1330. The number of carbonyl (C=O) groups excluding carboxylic acids is 1. The van der Waals surface area contributed by atoms with Gasteiger partial charge in [0.15, 0.2) is 17.2 Å². The molecule has 0 radical (unpaired) electrons. The number of halogens is 1. The fraction of sp³-hybridized carbons (Fsp3) is 0.100. The van der Waals surface area contributed by atoms with Crippen LogP contribution in [-0.4, -0.2) is 39.6 Å². The Morgan fingerprint density at radius 2 is 1.83 bits per heavy atom. The Hall–Kier alpha value is -3.66. The number of aromatic amines is 1. The van der Waals surface area contributed by atoms with Crippen LogP contribution in [0.5, 0.6) is 11.5 Å². The number of aromatic nitrogens is 4. The van der Waals surface area contributed by atoms with Crippen molar-refractivity contribution in [1.82, 2.24) is 19.5 Å². The first-order valence-corrected chi connectivity index (χ1v) is 9.53. The maximum Gasteiger partial charge on any atom is 0.332 e. The number of H-pyrrole nitrogens is 1. The number of hydrogen-bond acceptors (Lipinski definition) is 6. The van der Waals surface area contributed by atoms with Gasteiger partial charge in [0.2, 0.25) is 0 Å². The highest BCUT2D eigenvalue weighted by molar-refractivity contribution is 9.10. The molecule has 2 heterocycles. The zero-order valence-corrected chi connectivity index (χ0v) is 17.6. The molecule has 0 bridgehead atoms. The molecule has 0 saturated heterocycles. The number of benzene rings is 2. The predicted octanol–water partition coefficient (Wildman–Crippen LogP) is 2.65. The van der Waals surface area contributed by atoms with E-state index in [2.05, 4.69) is 30.9 Å². The molecule has 0 aliphatic carbocycles. The third kappa shape index (κ3) is 3.30. The highest BCUT2D eigenvalue weighted by Gasteiger charge is 2.22. The second-order valence-corrected chi connectivity index (χ2v) is 7.18. The van der Waals surface area contributed by atoms with E-state index in [0.717, 1.165) is 4.47 Å². The van der Waals surface area contributed by atoms with Gasteiger partial charge in [-0.3, -0.25) is 4.79 Å². The molecule has 2 aromatic heterocycles. The molecule has 0 aliphatic rings. The Morgan fingerprint density at radius 3 is 2.47 bits per heavy atom. The molecule has 4 rings (SSSR count). The predicted molar refractivity (Wildman–Crippen MR) is 114 cm³/mol. The minimum atomic E-state index is -0.782. The second kappa shape index (κ2) is 7.64. The van der Waals surface area contributed by atoms with E-state index in [0.29, 0.717) is 22.7 Å². The zero-order valence-electron chi connectivity index (χ0n) is 16.0. The quantitative estimate of drug-likeness (QED) is 0.462. The minimum absolute atomic E-state index is 0.0822. The average Bonchev–Trinajstić information content (AvgIpc) is 3.08. The van der Waals surface area contributed by atoms with Crippen molar-refractivity contribution in [3.63, 3.8) is 0 Å². The number of fused-ring (bicyclic) bond motifs is 1. The summed E-state index contributed by atoms with van der Waals surface area (Å²) in [7, 11) is 3.01. The molecule has 0 unspecified atom stereocenters. The summed E-state index contributed by atoms with van der Waals surface area (Å²) < 4.78 is 12.8. The van der Waals surface area contributed by atoms with E-state index < -0.39 is 11.6 Å². The van der Waals surface area contributed by atoms with Crippen LogP contribution in [0.2, 0.25) is 0 Å². The van der Waals surface area contributed by atoms with E-state index in [4.69, 9.17) is 15.2 Å². The number of nitrogens with one attached hydrogen (secondary N) is 1. The number of hydrogen-bond donors (Lipinski definition) is 2. The third-order valence-electron chi connectivity index (χ3n) is 4.50. The van der Waals surface area contributed by atoms with Gasteiger partial charge in [-0.2, -0.15) is 0 Å². The lowest BCUT2D eigenvalue weighted by Crippen LogP contribution is -2.16. The van der Waals surface area contributed by atoms with Crippen LogP contribution in [0.25, 0.3) is 28.2 Å². The Labute approximate surface area is 178 Å². The van der Waals surface area contributed by atoms with Crippen LogP contribution in [0, 0.1) is 0 Å².